The van der Waals surface area contributed by atoms with Crippen LogP contribution < -0.4 is 5.32 Å². The molecular formula is C13H21N3O2S. The molecule has 0 radical (unpaired) electrons. The van der Waals surface area contributed by atoms with Gasteiger partial charge in [-0.05, 0) is 43.5 Å². The van der Waals surface area contributed by atoms with Gasteiger partial charge in [-0.2, -0.15) is 0 Å². The van der Waals surface area contributed by atoms with Gasteiger partial charge in [0, 0.05) is 32.0 Å². The highest BCUT2D eigenvalue weighted by molar-refractivity contribution is 7.89. The van der Waals surface area contributed by atoms with Gasteiger partial charge in [0.15, 0.2) is 0 Å². The number of nitrogens with one attached hydrogen (secondary N) is 1. The summed E-state index contributed by atoms with van der Waals surface area (Å²) in [6, 6.07) is 3.81. The van der Waals surface area contributed by atoms with Crippen LogP contribution >= 0.6 is 0 Å². The lowest BCUT2D eigenvalue weighted by Crippen LogP contribution is -2.47. The summed E-state index contributed by atoms with van der Waals surface area (Å²) < 4.78 is 26.1. The van der Waals surface area contributed by atoms with Gasteiger partial charge in [-0.25, -0.2) is 12.7 Å². The Morgan fingerprint density at radius 1 is 1.42 bits per heavy atom. The van der Waals surface area contributed by atoms with E-state index in [1.54, 1.807) is 23.7 Å². The van der Waals surface area contributed by atoms with Crippen LogP contribution in [0.1, 0.15) is 18.4 Å². The third-order valence-corrected chi connectivity index (χ3v) is 5.52. The second-order valence-electron chi connectivity index (χ2n) is 4.94. The molecule has 0 bridgehead atoms. The Morgan fingerprint density at radius 3 is 2.79 bits per heavy atom. The molecule has 0 amide bonds. The van der Waals surface area contributed by atoms with Gasteiger partial charge in [-0.15, -0.1) is 0 Å². The molecule has 0 aliphatic carbocycles. The van der Waals surface area contributed by atoms with Crippen LogP contribution in [0.2, 0.25) is 0 Å². The van der Waals surface area contributed by atoms with Gasteiger partial charge in [-0.1, -0.05) is 0 Å². The summed E-state index contributed by atoms with van der Waals surface area (Å²) in [5.74, 6) is 0.157. The molecule has 1 atom stereocenters. The van der Waals surface area contributed by atoms with Gasteiger partial charge in [0.1, 0.15) is 0 Å². The van der Waals surface area contributed by atoms with Crippen molar-refractivity contribution >= 4 is 10.0 Å². The van der Waals surface area contributed by atoms with Crippen LogP contribution in [0.25, 0.3) is 0 Å². The second kappa shape index (κ2) is 6.45. The average Bonchev–Trinajstić information content (AvgIpc) is 2.46. The minimum Gasteiger partial charge on any atom is -0.315 e. The van der Waals surface area contributed by atoms with Crippen LogP contribution in [0, 0.1) is 0 Å². The predicted molar refractivity (Wildman–Crippen MR) is 75.4 cm³/mol. The number of aryl methyl sites for hydroxylation is 1. The van der Waals surface area contributed by atoms with Gasteiger partial charge in [0.2, 0.25) is 10.0 Å². The first-order valence-corrected chi connectivity index (χ1v) is 8.26. The molecule has 1 aliphatic heterocycles. The van der Waals surface area contributed by atoms with Crippen LogP contribution in [-0.4, -0.2) is 49.6 Å². The van der Waals surface area contributed by atoms with Gasteiger partial charge in [0.25, 0.3) is 0 Å². The van der Waals surface area contributed by atoms with Crippen LogP contribution in [-0.2, 0) is 16.4 Å². The number of aromatic nitrogens is 1. The van der Waals surface area contributed by atoms with Crippen molar-refractivity contribution in [1.29, 1.82) is 0 Å². The Bertz CT molecular complexity index is 484. The van der Waals surface area contributed by atoms with E-state index in [2.05, 4.69) is 10.3 Å². The highest BCUT2D eigenvalue weighted by atomic mass is 32.2. The summed E-state index contributed by atoms with van der Waals surface area (Å²) in [6.45, 7) is 1.74. The van der Waals surface area contributed by atoms with Crippen LogP contribution in [0.5, 0.6) is 0 Å². The number of likely N-dealkylation sites (N-methyl/N-ethyl adjacent to an activating group) is 1. The van der Waals surface area contributed by atoms with E-state index >= 15 is 0 Å². The molecule has 5 nitrogen and oxygen atoms in total. The van der Waals surface area contributed by atoms with E-state index in [4.69, 9.17) is 0 Å². The molecule has 1 aromatic rings. The molecule has 2 heterocycles. The minimum absolute atomic E-state index is 0.0937. The zero-order valence-electron chi connectivity index (χ0n) is 11.2. The lowest BCUT2D eigenvalue weighted by molar-refractivity contribution is 0.300. The first-order valence-electron chi connectivity index (χ1n) is 6.65. The number of rotatable bonds is 5. The number of hydrogen-bond donors (Lipinski definition) is 1. The Hall–Kier alpha value is -0.980. The third kappa shape index (κ3) is 3.99. The fraction of sp³-hybridized carbons (Fsp3) is 0.615. The Balaban J connectivity index is 1.93. The summed E-state index contributed by atoms with van der Waals surface area (Å²) in [4.78, 5) is 3.93. The first kappa shape index (κ1) is 14.4. The van der Waals surface area contributed by atoms with Crippen LogP contribution in [0.15, 0.2) is 24.5 Å². The molecule has 1 aromatic heterocycles. The van der Waals surface area contributed by atoms with Crippen molar-refractivity contribution in [3.63, 3.8) is 0 Å². The molecule has 0 saturated carbocycles. The summed E-state index contributed by atoms with van der Waals surface area (Å²) in [6.07, 6.45) is 5.90. The van der Waals surface area contributed by atoms with Crippen molar-refractivity contribution in [2.45, 2.75) is 25.3 Å². The maximum atomic E-state index is 12.3. The molecule has 106 valence electrons. The van der Waals surface area contributed by atoms with Crippen molar-refractivity contribution < 1.29 is 8.42 Å². The van der Waals surface area contributed by atoms with E-state index in [9.17, 15) is 8.42 Å². The predicted octanol–water partition coefficient (Wildman–Crippen LogP) is 0.638. The Morgan fingerprint density at radius 2 is 2.16 bits per heavy atom. The van der Waals surface area contributed by atoms with E-state index in [0.717, 1.165) is 31.5 Å². The Kier molecular flexibility index (Phi) is 4.90. The molecule has 2 rings (SSSR count). The van der Waals surface area contributed by atoms with E-state index < -0.39 is 10.0 Å². The second-order valence-corrected chi connectivity index (χ2v) is 7.09. The molecule has 1 N–H and O–H groups in total. The van der Waals surface area contributed by atoms with Gasteiger partial charge in [-0.3, -0.25) is 4.98 Å². The highest BCUT2D eigenvalue weighted by Gasteiger charge is 2.27. The highest BCUT2D eigenvalue weighted by Crippen LogP contribution is 2.14. The number of nitrogens with zero attached hydrogens (tertiary/aromatic N) is 2. The van der Waals surface area contributed by atoms with E-state index in [1.807, 2.05) is 12.1 Å². The fourth-order valence-corrected chi connectivity index (χ4v) is 3.73. The molecule has 1 fully saturated rings. The van der Waals surface area contributed by atoms with Gasteiger partial charge < -0.3 is 5.32 Å². The smallest absolute Gasteiger partial charge is 0.214 e. The lowest BCUT2D eigenvalue weighted by Gasteiger charge is -2.30. The average molecular weight is 283 g/mol. The summed E-state index contributed by atoms with van der Waals surface area (Å²) in [5.41, 5.74) is 1.01. The van der Waals surface area contributed by atoms with E-state index in [-0.39, 0.29) is 11.8 Å². The number of hydrogen-bond acceptors (Lipinski definition) is 4. The van der Waals surface area contributed by atoms with Crippen LogP contribution in [0.4, 0.5) is 0 Å². The summed E-state index contributed by atoms with van der Waals surface area (Å²) in [5, 5.41) is 3.25. The summed E-state index contributed by atoms with van der Waals surface area (Å²) >= 11 is 0. The molecule has 0 aromatic carbocycles. The topological polar surface area (TPSA) is 62.3 Å². The molecule has 1 unspecified atom stereocenters. The molecular weight excluding hydrogens is 262 g/mol. The Labute approximate surface area is 115 Å². The largest absolute Gasteiger partial charge is 0.315 e. The SMILES string of the molecule is CN(C1CCCNC1)S(=O)(=O)CCc1ccncc1. The number of sulfonamides is 1. The zero-order valence-corrected chi connectivity index (χ0v) is 12.1. The summed E-state index contributed by atoms with van der Waals surface area (Å²) in [7, 11) is -1.49. The molecule has 1 aliphatic rings. The van der Waals surface area contributed by atoms with Crippen molar-refractivity contribution in [3.05, 3.63) is 30.1 Å². The number of piperidine rings is 1. The van der Waals surface area contributed by atoms with Crippen molar-refractivity contribution in [2.24, 2.45) is 0 Å². The molecule has 0 spiro atoms. The molecule has 1 saturated heterocycles. The van der Waals surface area contributed by atoms with Crippen molar-refractivity contribution in [1.82, 2.24) is 14.6 Å². The monoisotopic (exact) mass is 283 g/mol. The van der Waals surface area contributed by atoms with Gasteiger partial charge in [0.05, 0.1) is 5.75 Å². The number of pyridine rings is 1. The molecule has 19 heavy (non-hydrogen) atoms. The van der Waals surface area contributed by atoms with Crippen LogP contribution in [0.3, 0.4) is 0 Å². The van der Waals surface area contributed by atoms with Crippen molar-refractivity contribution in [2.75, 3.05) is 25.9 Å². The fourth-order valence-electron chi connectivity index (χ4n) is 2.31. The quantitative estimate of drug-likeness (QED) is 0.861. The third-order valence-electron chi connectivity index (χ3n) is 3.62. The minimum atomic E-state index is -3.19. The van der Waals surface area contributed by atoms with E-state index in [0.29, 0.717) is 6.42 Å². The molecule has 6 heteroatoms. The first-order chi connectivity index (χ1) is 9.09. The standard InChI is InChI=1S/C13H21N3O2S/c1-16(13-3-2-7-15-11-13)19(17,18)10-6-12-4-8-14-9-5-12/h4-5,8-9,13,15H,2-3,6-7,10-11H2,1H3. The zero-order chi connectivity index (χ0) is 13.7. The van der Waals surface area contributed by atoms with Crippen molar-refractivity contribution in [3.8, 4) is 0 Å². The maximum absolute atomic E-state index is 12.3. The lowest BCUT2D eigenvalue weighted by atomic mass is 10.1. The van der Waals surface area contributed by atoms with Gasteiger partial charge >= 0.3 is 0 Å². The maximum Gasteiger partial charge on any atom is 0.214 e. The normalized spacial score (nSPS) is 20.6. The van der Waals surface area contributed by atoms with E-state index in [1.165, 1.54) is 0 Å².